The Hall–Kier alpha value is -0.990. The van der Waals surface area contributed by atoms with Gasteiger partial charge in [-0.25, -0.2) is 4.79 Å². The van der Waals surface area contributed by atoms with Crippen LogP contribution in [-0.4, -0.2) is 12.6 Å². The molecular weight excluding hydrogens is 130 g/mol. The molecule has 0 atom stereocenters. The molecule has 0 aromatic rings. The maximum absolute atomic E-state index is 10.5. The molecule has 0 aliphatic carbocycles. The topological polar surface area (TPSA) is 52.3 Å². The Morgan fingerprint density at radius 1 is 1.70 bits per heavy atom. The van der Waals surface area contributed by atoms with Crippen molar-refractivity contribution in [3.05, 3.63) is 12.3 Å². The number of carbonyl (C=O) groups is 1. The van der Waals surface area contributed by atoms with Crippen LogP contribution in [0.5, 0.6) is 0 Å². The van der Waals surface area contributed by atoms with Crippen molar-refractivity contribution in [2.45, 2.75) is 19.8 Å². The van der Waals surface area contributed by atoms with E-state index in [1.807, 2.05) is 6.92 Å². The maximum atomic E-state index is 10.5. The molecule has 0 saturated heterocycles. The van der Waals surface area contributed by atoms with Crippen molar-refractivity contribution >= 4 is 5.97 Å². The number of esters is 1. The van der Waals surface area contributed by atoms with Gasteiger partial charge in [0.15, 0.2) is 0 Å². The summed E-state index contributed by atoms with van der Waals surface area (Å²) >= 11 is 0. The average molecular weight is 143 g/mol. The molecule has 0 spiro atoms. The van der Waals surface area contributed by atoms with Crippen molar-refractivity contribution in [1.29, 1.82) is 0 Å². The van der Waals surface area contributed by atoms with Gasteiger partial charge in [0.05, 0.1) is 6.61 Å². The third-order valence-electron chi connectivity index (χ3n) is 0.975. The van der Waals surface area contributed by atoms with Crippen molar-refractivity contribution in [1.82, 2.24) is 0 Å². The summed E-state index contributed by atoms with van der Waals surface area (Å²) in [6, 6.07) is 0. The molecule has 0 fully saturated rings. The predicted octanol–water partition coefficient (Wildman–Crippen LogP) is 0.802. The number of hydrogen-bond acceptors (Lipinski definition) is 3. The van der Waals surface area contributed by atoms with Gasteiger partial charge in [0.1, 0.15) is 0 Å². The van der Waals surface area contributed by atoms with Gasteiger partial charge in [-0.3, -0.25) is 0 Å². The lowest BCUT2D eigenvalue weighted by molar-refractivity contribution is -0.137. The van der Waals surface area contributed by atoms with Crippen LogP contribution in [0.4, 0.5) is 0 Å². The average Bonchev–Trinajstić information content (AvgIpc) is 1.89. The zero-order valence-electron chi connectivity index (χ0n) is 6.17. The van der Waals surface area contributed by atoms with Crippen LogP contribution in [-0.2, 0) is 9.53 Å². The van der Waals surface area contributed by atoms with Crippen molar-refractivity contribution in [3.8, 4) is 0 Å². The van der Waals surface area contributed by atoms with Crippen LogP contribution in [0.1, 0.15) is 19.8 Å². The Morgan fingerprint density at radius 2 is 2.40 bits per heavy atom. The molecular formula is C7H13NO2. The molecule has 0 saturated carbocycles. The lowest BCUT2D eigenvalue weighted by Crippen LogP contribution is -2.02. The SMILES string of the molecule is CCCCOC(=O)C=CN. The fraction of sp³-hybridized carbons (Fsp3) is 0.571. The second kappa shape index (κ2) is 6.13. The number of unbranched alkanes of at least 4 members (excludes halogenated alkanes) is 1. The molecule has 3 heteroatoms. The van der Waals surface area contributed by atoms with E-state index in [9.17, 15) is 4.79 Å². The van der Waals surface area contributed by atoms with E-state index in [0.717, 1.165) is 12.8 Å². The highest BCUT2D eigenvalue weighted by atomic mass is 16.5. The summed E-state index contributed by atoms with van der Waals surface area (Å²) in [7, 11) is 0. The summed E-state index contributed by atoms with van der Waals surface area (Å²) in [6.07, 6.45) is 4.31. The van der Waals surface area contributed by atoms with Crippen LogP contribution >= 0.6 is 0 Å². The van der Waals surface area contributed by atoms with E-state index in [2.05, 4.69) is 0 Å². The minimum atomic E-state index is -0.365. The summed E-state index contributed by atoms with van der Waals surface area (Å²) in [5, 5.41) is 0. The largest absolute Gasteiger partial charge is 0.462 e. The Balaban J connectivity index is 3.22. The molecule has 10 heavy (non-hydrogen) atoms. The van der Waals surface area contributed by atoms with Crippen LogP contribution in [0.15, 0.2) is 12.3 Å². The molecule has 0 aromatic carbocycles. The Morgan fingerprint density at radius 3 is 2.90 bits per heavy atom. The first kappa shape index (κ1) is 9.01. The molecule has 0 bridgehead atoms. The molecule has 0 aliphatic heterocycles. The highest BCUT2D eigenvalue weighted by molar-refractivity contribution is 5.81. The fourth-order valence-electron chi connectivity index (χ4n) is 0.444. The van der Waals surface area contributed by atoms with Crippen molar-refractivity contribution in [2.75, 3.05) is 6.61 Å². The zero-order valence-corrected chi connectivity index (χ0v) is 6.17. The molecule has 0 amide bonds. The first-order valence-electron chi connectivity index (χ1n) is 3.36. The van der Waals surface area contributed by atoms with Gasteiger partial charge in [-0.15, -0.1) is 0 Å². The fourth-order valence-corrected chi connectivity index (χ4v) is 0.444. The summed E-state index contributed by atoms with van der Waals surface area (Å²) in [4.78, 5) is 10.5. The van der Waals surface area contributed by atoms with Crippen LogP contribution in [0.25, 0.3) is 0 Å². The molecule has 0 heterocycles. The summed E-state index contributed by atoms with van der Waals surface area (Å²) < 4.78 is 4.72. The molecule has 0 radical (unpaired) electrons. The van der Waals surface area contributed by atoms with Crippen LogP contribution in [0.3, 0.4) is 0 Å². The normalized spacial score (nSPS) is 10.1. The molecule has 0 rings (SSSR count). The van der Waals surface area contributed by atoms with Gasteiger partial charge in [-0.2, -0.15) is 0 Å². The van der Waals surface area contributed by atoms with Crippen LogP contribution in [0.2, 0.25) is 0 Å². The van der Waals surface area contributed by atoms with Gasteiger partial charge in [0, 0.05) is 12.3 Å². The van der Waals surface area contributed by atoms with Gasteiger partial charge in [-0.05, 0) is 6.42 Å². The minimum Gasteiger partial charge on any atom is -0.462 e. The minimum absolute atomic E-state index is 0.365. The van der Waals surface area contributed by atoms with Crippen LogP contribution in [0, 0.1) is 0 Å². The zero-order chi connectivity index (χ0) is 7.82. The second-order valence-electron chi connectivity index (χ2n) is 1.88. The number of ether oxygens (including phenoxy) is 1. The highest BCUT2D eigenvalue weighted by Gasteiger charge is 1.92. The standard InChI is InChI=1S/C7H13NO2/c1-2-3-6-10-7(9)4-5-8/h4-5H,2-3,6,8H2,1H3. The van der Waals surface area contributed by atoms with Crippen LogP contribution < -0.4 is 5.73 Å². The van der Waals surface area contributed by atoms with Gasteiger partial charge in [-0.1, -0.05) is 13.3 Å². The lowest BCUT2D eigenvalue weighted by Gasteiger charge is -1.97. The number of carbonyl (C=O) groups excluding carboxylic acids is 1. The maximum Gasteiger partial charge on any atom is 0.332 e. The van der Waals surface area contributed by atoms with Gasteiger partial charge >= 0.3 is 5.97 Å². The van der Waals surface area contributed by atoms with E-state index in [1.165, 1.54) is 12.3 Å². The van der Waals surface area contributed by atoms with E-state index in [-0.39, 0.29) is 5.97 Å². The van der Waals surface area contributed by atoms with Crippen molar-refractivity contribution < 1.29 is 9.53 Å². The second-order valence-corrected chi connectivity index (χ2v) is 1.88. The van der Waals surface area contributed by atoms with E-state index in [0.29, 0.717) is 6.61 Å². The molecule has 3 nitrogen and oxygen atoms in total. The quantitative estimate of drug-likeness (QED) is 0.360. The molecule has 2 N–H and O–H groups in total. The first-order chi connectivity index (χ1) is 4.81. The van der Waals surface area contributed by atoms with E-state index < -0.39 is 0 Å². The Kier molecular flexibility index (Phi) is 5.53. The Bertz CT molecular complexity index is 121. The molecule has 0 aliphatic rings. The lowest BCUT2D eigenvalue weighted by atomic mass is 10.4. The van der Waals surface area contributed by atoms with Crippen molar-refractivity contribution in [2.24, 2.45) is 5.73 Å². The third kappa shape index (κ3) is 5.15. The highest BCUT2D eigenvalue weighted by Crippen LogP contribution is 1.88. The first-order valence-corrected chi connectivity index (χ1v) is 3.36. The predicted molar refractivity (Wildman–Crippen MR) is 39.2 cm³/mol. The van der Waals surface area contributed by atoms with Gasteiger partial charge in [0.2, 0.25) is 0 Å². The van der Waals surface area contributed by atoms with E-state index in [1.54, 1.807) is 0 Å². The number of nitrogens with two attached hydrogens (primary N) is 1. The monoisotopic (exact) mass is 143 g/mol. The number of rotatable bonds is 4. The van der Waals surface area contributed by atoms with Crippen molar-refractivity contribution in [3.63, 3.8) is 0 Å². The molecule has 58 valence electrons. The van der Waals surface area contributed by atoms with Gasteiger partial charge < -0.3 is 10.5 Å². The summed E-state index contributed by atoms with van der Waals surface area (Å²) in [5.74, 6) is -0.365. The summed E-state index contributed by atoms with van der Waals surface area (Å²) in [6.45, 7) is 2.52. The molecule has 0 aromatic heterocycles. The molecule has 0 unspecified atom stereocenters. The Labute approximate surface area is 60.9 Å². The van der Waals surface area contributed by atoms with Gasteiger partial charge in [0.25, 0.3) is 0 Å². The van der Waals surface area contributed by atoms with E-state index >= 15 is 0 Å². The summed E-state index contributed by atoms with van der Waals surface area (Å²) in [5.41, 5.74) is 4.95. The van der Waals surface area contributed by atoms with E-state index in [4.69, 9.17) is 10.5 Å². The number of hydrogen-bond donors (Lipinski definition) is 1. The smallest absolute Gasteiger partial charge is 0.332 e. The third-order valence-corrected chi connectivity index (χ3v) is 0.975.